The van der Waals surface area contributed by atoms with Crippen LogP contribution in [0.15, 0.2) is 204 Å². The molecule has 0 bridgehead atoms. The van der Waals surface area contributed by atoms with Crippen LogP contribution in [0.5, 0.6) is 0 Å². The highest BCUT2D eigenvalue weighted by atomic mass is 16.3. The van der Waals surface area contributed by atoms with Crippen LogP contribution in [-0.4, -0.2) is 0 Å². The number of nitrogens with zero attached hydrogens (tertiary/aromatic N) is 2. The largest absolute Gasteiger partial charge is 0.454 e. The number of nitrogens with one attached hydrogen (secondary N) is 1. The molecule has 1 N–H and O–H groups in total. The van der Waals surface area contributed by atoms with Gasteiger partial charge in [0.2, 0.25) is 0 Å². The molecule has 1 aromatic heterocycles. The molecule has 4 heteroatoms. The van der Waals surface area contributed by atoms with E-state index in [1.165, 1.54) is 0 Å². The number of hydrogen-bond donors (Lipinski definition) is 1. The third-order valence-corrected chi connectivity index (χ3v) is 8.97. The summed E-state index contributed by atoms with van der Waals surface area (Å²) in [5.41, 5.74) is 11.8. The standard InChI is InChI=1S/C35H26N2O.C12H11N.C2H6/c1-25-12-10-13-26-24-29(37(27-14-4-2-5-15-27)28-16-6-3-7-17-28)22-23-32(26)36(25)33-20-11-19-31-30-18-8-9-21-34(30)38-35(31)33;1-3-7-11(8-4-1)13-12-9-5-2-6-10-12;1-2/h2-24H,1H3;1-10,13H;1-2H3. The van der Waals surface area contributed by atoms with Crippen molar-refractivity contribution in [1.29, 1.82) is 0 Å². The van der Waals surface area contributed by atoms with Crippen molar-refractivity contribution in [2.24, 2.45) is 0 Å². The Kier molecular flexibility index (Phi) is 10.8. The van der Waals surface area contributed by atoms with Crippen LogP contribution in [0.2, 0.25) is 0 Å². The summed E-state index contributed by atoms with van der Waals surface area (Å²) in [5, 5.41) is 5.56. The fourth-order valence-electron chi connectivity index (χ4n) is 6.61. The van der Waals surface area contributed by atoms with Gasteiger partial charge in [0.25, 0.3) is 0 Å². The van der Waals surface area contributed by atoms with E-state index in [2.05, 4.69) is 149 Å². The number of furan rings is 1. The van der Waals surface area contributed by atoms with Crippen LogP contribution in [0.3, 0.4) is 0 Å². The van der Waals surface area contributed by atoms with Gasteiger partial charge in [-0.05, 0) is 91.9 Å². The Labute approximate surface area is 312 Å². The van der Waals surface area contributed by atoms with E-state index >= 15 is 0 Å². The topological polar surface area (TPSA) is 31.6 Å². The summed E-state index contributed by atoms with van der Waals surface area (Å²) in [6.45, 7) is 6.15. The molecule has 1 aliphatic heterocycles. The van der Waals surface area contributed by atoms with E-state index < -0.39 is 0 Å². The molecular weight excluding hydrogens is 647 g/mol. The minimum atomic E-state index is 0.897. The number of allylic oxidation sites excluding steroid dienone is 3. The van der Waals surface area contributed by atoms with E-state index in [1.54, 1.807) is 0 Å². The summed E-state index contributed by atoms with van der Waals surface area (Å²) in [6, 6.07) is 62.7. The molecule has 4 nitrogen and oxygen atoms in total. The van der Waals surface area contributed by atoms with Gasteiger partial charge in [-0.2, -0.15) is 0 Å². The zero-order chi connectivity index (χ0) is 36.4. The summed E-state index contributed by atoms with van der Waals surface area (Å²) in [6.07, 6.45) is 6.48. The molecule has 53 heavy (non-hydrogen) atoms. The van der Waals surface area contributed by atoms with Crippen LogP contribution in [0.25, 0.3) is 28.0 Å². The Bertz CT molecular complexity index is 2370. The third kappa shape index (κ3) is 7.63. The Hall–Kier alpha value is -6.78. The summed E-state index contributed by atoms with van der Waals surface area (Å²) < 4.78 is 6.42. The van der Waals surface area contributed by atoms with Crippen molar-refractivity contribution in [3.63, 3.8) is 0 Å². The predicted molar refractivity (Wildman–Crippen MR) is 227 cm³/mol. The molecule has 1 aliphatic rings. The average molecular weight is 690 g/mol. The SMILES string of the molecule is CC.CC1=CC=Cc2cc(N(c3ccccc3)c3ccccc3)ccc2N1c1cccc2c1oc1ccccc12.c1ccc(Nc2ccccc2)cc1. The van der Waals surface area contributed by atoms with Gasteiger partial charge in [0.15, 0.2) is 5.58 Å². The van der Waals surface area contributed by atoms with Crippen LogP contribution >= 0.6 is 0 Å². The monoisotopic (exact) mass is 689 g/mol. The van der Waals surface area contributed by atoms with Crippen molar-refractivity contribution in [2.45, 2.75) is 20.8 Å². The van der Waals surface area contributed by atoms with E-state index in [0.717, 1.165) is 73.0 Å². The van der Waals surface area contributed by atoms with Gasteiger partial charge in [-0.1, -0.05) is 129 Å². The van der Waals surface area contributed by atoms with E-state index in [9.17, 15) is 0 Å². The van der Waals surface area contributed by atoms with Gasteiger partial charge >= 0.3 is 0 Å². The number of benzene rings is 7. The lowest BCUT2D eigenvalue weighted by atomic mass is 10.1. The predicted octanol–water partition coefficient (Wildman–Crippen LogP) is 14.6. The number of para-hydroxylation sites is 6. The molecule has 0 spiro atoms. The maximum Gasteiger partial charge on any atom is 0.159 e. The second-order valence-corrected chi connectivity index (χ2v) is 12.4. The van der Waals surface area contributed by atoms with Crippen LogP contribution in [-0.2, 0) is 0 Å². The fraction of sp³-hybridized carbons (Fsp3) is 0.0612. The third-order valence-electron chi connectivity index (χ3n) is 8.97. The Morgan fingerprint density at radius 2 is 1.06 bits per heavy atom. The second kappa shape index (κ2) is 16.5. The van der Waals surface area contributed by atoms with Crippen LogP contribution in [0, 0.1) is 0 Å². The number of fused-ring (bicyclic) bond motifs is 4. The molecule has 2 heterocycles. The van der Waals surface area contributed by atoms with E-state index in [4.69, 9.17) is 4.42 Å². The summed E-state index contributed by atoms with van der Waals surface area (Å²) in [4.78, 5) is 4.60. The molecule has 260 valence electrons. The molecule has 9 rings (SSSR count). The molecule has 0 unspecified atom stereocenters. The summed E-state index contributed by atoms with van der Waals surface area (Å²) in [7, 11) is 0. The highest BCUT2D eigenvalue weighted by molar-refractivity contribution is 6.10. The van der Waals surface area contributed by atoms with E-state index in [1.807, 2.05) is 86.6 Å². The number of rotatable bonds is 6. The molecule has 0 saturated carbocycles. The summed E-state index contributed by atoms with van der Waals surface area (Å²) in [5.74, 6) is 0. The first-order chi connectivity index (χ1) is 26.2. The molecule has 8 aromatic rings. The minimum Gasteiger partial charge on any atom is -0.454 e. The van der Waals surface area contributed by atoms with Gasteiger partial charge in [0.05, 0.1) is 11.4 Å². The van der Waals surface area contributed by atoms with E-state index in [-0.39, 0.29) is 0 Å². The zero-order valence-corrected chi connectivity index (χ0v) is 30.4. The van der Waals surface area contributed by atoms with Crippen molar-refractivity contribution in [2.75, 3.05) is 15.1 Å². The van der Waals surface area contributed by atoms with Gasteiger partial charge < -0.3 is 19.5 Å². The molecule has 0 saturated heterocycles. The lowest BCUT2D eigenvalue weighted by Crippen LogP contribution is -2.16. The van der Waals surface area contributed by atoms with Crippen molar-refractivity contribution >= 4 is 67.8 Å². The number of hydrogen-bond acceptors (Lipinski definition) is 4. The van der Waals surface area contributed by atoms with Gasteiger partial charge in [0, 0.05) is 50.5 Å². The Balaban J connectivity index is 0.000000244. The molecular formula is C49H43N3O. The van der Waals surface area contributed by atoms with Gasteiger partial charge in [-0.25, -0.2) is 0 Å². The lowest BCUT2D eigenvalue weighted by Gasteiger charge is -2.29. The first-order valence-corrected chi connectivity index (χ1v) is 18.2. The highest BCUT2D eigenvalue weighted by Crippen LogP contribution is 2.44. The summed E-state index contributed by atoms with van der Waals surface area (Å²) >= 11 is 0. The maximum atomic E-state index is 6.42. The zero-order valence-electron chi connectivity index (χ0n) is 30.4. The first kappa shape index (κ1) is 34.7. The molecule has 7 aromatic carbocycles. The van der Waals surface area contributed by atoms with Crippen molar-refractivity contribution in [3.8, 4) is 0 Å². The van der Waals surface area contributed by atoms with Crippen LogP contribution in [0.4, 0.5) is 39.8 Å². The molecule has 0 aliphatic carbocycles. The van der Waals surface area contributed by atoms with Crippen LogP contribution < -0.4 is 15.1 Å². The van der Waals surface area contributed by atoms with Crippen LogP contribution in [0.1, 0.15) is 26.3 Å². The molecule has 0 fully saturated rings. The average Bonchev–Trinajstić information content (AvgIpc) is 3.53. The van der Waals surface area contributed by atoms with Crippen molar-refractivity contribution in [1.82, 2.24) is 0 Å². The highest BCUT2D eigenvalue weighted by Gasteiger charge is 2.22. The Morgan fingerprint density at radius 1 is 0.509 bits per heavy atom. The lowest BCUT2D eigenvalue weighted by molar-refractivity contribution is 0.668. The quantitative estimate of drug-likeness (QED) is 0.188. The molecule has 0 atom stereocenters. The minimum absolute atomic E-state index is 0.897. The number of anilines is 7. The second-order valence-electron chi connectivity index (χ2n) is 12.4. The molecule has 0 radical (unpaired) electrons. The van der Waals surface area contributed by atoms with Crippen molar-refractivity contribution in [3.05, 3.63) is 205 Å². The smallest absolute Gasteiger partial charge is 0.159 e. The van der Waals surface area contributed by atoms with E-state index in [0.29, 0.717) is 0 Å². The first-order valence-electron chi connectivity index (χ1n) is 18.2. The van der Waals surface area contributed by atoms with Gasteiger partial charge in [-0.3, -0.25) is 0 Å². The van der Waals surface area contributed by atoms with Gasteiger partial charge in [-0.15, -0.1) is 0 Å². The molecule has 0 amide bonds. The Morgan fingerprint density at radius 3 is 1.68 bits per heavy atom. The van der Waals surface area contributed by atoms with Crippen molar-refractivity contribution < 1.29 is 4.42 Å². The maximum absolute atomic E-state index is 6.42. The van der Waals surface area contributed by atoms with Gasteiger partial charge in [0.1, 0.15) is 5.58 Å². The fourth-order valence-corrected chi connectivity index (χ4v) is 6.61. The normalized spacial score (nSPS) is 11.7.